The lowest BCUT2D eigenvalue weighted by molar-refractivity contribution is -0.132. The van der Waals surface area contributed by atoms with Gasteiger partial charge in [0, 0.05) is 24.3 Å². The van der Waals surface area contributed by atoms with E-state index in [0.29, 0.717) is 24.3 Å². The summed E-state index contributed by atoms with van der Waals surface area (Å²) in [5, 5.41) is 5.49. The number of nitrogens with zero attached hydrogens (tertiary/aromatic N) is 1. The standard InChI is InChI=1S/C15H19N3O3/c1-10(19)11-4-6-12(7-5-11)17-14(21)18-9-8-16-13(20)15(18,2)3/h4-7H,8-9H2,1-3H3,(H,16,20)(H,17,21). The van der Waals surface area contributed by atoms with Crippen molar-refractivity contribution >= 4 is 23.4 Å². The zero-order chi connectivity index (χ0) is 15.6. The van der Waals surface area contributed by atoms with Crippen LogP contribution in [0.2, 0.25) is 0 Å². The SMILES string of the molecule is CC(=O)c1ccc(NC(=O)N2CCNC(=O)C2(C)C)cc1. The number of anilines is 1. The molecule has 1 saturated heterocycles. The first-order valence-electron chi connectivity index (χ1n) is 6.80. The van der Waals surface area contributed by atoms with Crippen LogP contribution in [-0.2, 0) is 4.79 Å². The van der Waals surface area contributed by atoms with Gasteiger partial charge in [-0.05, 0) is 45.0 Å². The molecule has 0 spiro atoms. The summed E-state index contributed by atoms with van der Waals surface area (Å²) >= 11 is 0. The number of carbonyl (C=O) groups excluding carboxylic acids is 3. The lowest BCUT2D eigenvalue weighted by atomic mass is 9.99. The minimum atomic E-state index is -0.887. The molecule has 0 saturated carbocycles. The van der Waals surface area contributed by atoms with Crippen molar-refractivity contribution in [3.63, 3.8) is 0 Å². The highest BCUT2D eigenvalue weighted by molar-refractivity contribution is 5.97. The van der Waals surface area contributed by atoms with Gasteiger partial charge in [0.2, 0.25) is 5.91 Å². The largest absolute Gasteiger partial charge is 0.352 e. The molecule has 0 unspecified atom stereocenters. The summed E-state index contributed by atoms with van der Waals surface area (Å²) in [7, 11) is 0. The second-order valence-electron chi connectivity index (χ2n) is 5.53. The molecule has 112 valence electrons. The minimum Gasteiger partial charge on any atom is -0.352 e. The maximum atomic E-state index is 12.3. The smallest absolute Gasteiger partial charge is 0.322 e. The number of amides is 3. The normalized spacial score (nSPS) is 17.1. The van der Waals surface area contributed by atoms with Gasteiger partial charge in [0.25, 0.3) is 0 Å². The number of Topliss-reactive ketones (excluding diaryl/α,β-unsaturated/α-hetero) is 1. The van der Waals surface area contributed by atoms with Crippen molar-refractivity contribution in [2.24, 2.45) is 0 Å². The lowest BCUT2D eigenvalue weighted by Gasteiger charge is -2.40. The van der Waals surface area contributed by atoms with Gasteiger partial charge in [-0.2, -0.15) is 0 Å². The Morgan fingerprint density at radius 2 is 1.86 bits per heavy atom. The molecule has 2 rings (SSSR count). The Kier molecular flexibility index (Phi) is 3.97. The summed E-state index contributed by atoms with van der Waals surface area (Å²) in [6, 6.07) is 6.33. The fourth-order valence-corrected chi connectivity index (χ4v) is 2.23. The van der Waals surface area contributed by atoms with Crippen LogP contribution < -0.4 is 10.6 Å². The first kappa shape index (κ1) is 15.0. The summed E-state index contributed by atoms with van der Waals surface area (Å²) in [6.45, 7) is 5.80. The van der Waals surface area contributed by atoms with Crippen LogP contribution in [0.1, 0.15) is 31.1 Å². The van der Waals surface area contributed by atoms with Crippen LogP contribution in [0, 0.1) is 0 Å². The topological polar surface area (TPSA) is 78.5 Å². The third-order valence-electron chi connectivity index (χ3n) is 3.64. The van der Waals surface area contributed by atoms with E-state index in [9.17, 15) is 14.4 Å². The average Bonchev–Trinajstić information content (AvgIpc) is 2.42. The molecule has 6 nitrogen and oxygen atoms in total. The van der Waals surface area contributed by atoms with E-state index in [-0.39, 0.29) is 17.7 Å². The molecule has 1 fully saturated rings. The molecule has 1 aliphatic rings. The molecule has 2 N–H and O–H groups in total. The van der Waals surface area contributed by atoms with Gasteiger partial charge in [0.1, 0.15) is 5.54 Å². The van der Waals surface area contributed by atoms with Crippen molar-refractivity contribution in [1.29, 1.82) is 0 Å². The summed E-state index contributed by atoms with van der Waals surface area (Å²) < 4.78 is 0. The van der Waals surface area contributed by atoms with Gasteiger partial charge in [-0.25, -0.2) is 4.79 Å². The van der Waals surface area contributed by atoms with Crippen molar-refractivity contribution in [3.05, 3.63) is 29.8 Å². The lowest BCUT2D eigenvalue weighted by Crippen LogP contribution is -2.64. The Morgan fingerprint density at radius 3 is 2.43 bits per heavy atom. The molecule has 1 aromatic carbocycles. The number of hydrogen-bond donors (Lipinski definition) is 2. The third-order valence-corrected chi connectivity index (χ3v) is 3.64. The minimum absolute atomic E-state index is 0.0262. The molecule has 0 radical (unpaired) electrons. The van der Waals surface area contributed by atoms with E-state index >= 15 is 0 Å². The highest BCUT2D eigenvalue weighted by Crippen LogP contribution is 2.19. The zero-order valence-corrected chi connectivity index (χ0v) is 12.4. The van der Waals surface area contributed by atoms with E-state index in [2.05, 4.69) is 10.6 Å². The van der Waals surface area contributed by atoms with E-state index < -0.39 is 5.54 Å². The summed E-state index contributed by atoms with van der Waals surface area (Å²) in [5.74, 6) is -0.197. The Labute approximate surface area is 123 Å². The Morgan fingerprint density at radius 1 is 1.24 bits per heavy atom. The number of benzene rings is 1. The summed E-state index contributed by atoms with van der Waals surface area (Å²) in [6.07, 6.45) is 0. The third kappa shape index (κ3) is 3.04. The van der Waals surface area contributed by atoms with Crippen LogP contribution >= 0.6 is 0 Å². The molecule has 21 heavy (non-hydrogen) atoms. The number of hydrogen-bond acceptors (Lipinski definition) is 3. The average molecular weight is 289 g/mol. The summed E-state index contributed by atoms with van der Waals surface area (Å²) in [5.41, 5.74) is 0.291. The van der Waals surface area contributed by atoms with Crippen molar-refractivity contribution < 1.29 is 14.4 Å². The van der Waals surface area contributed by atoms with Crippen molar-refractivity contribution in [2.45, 2.75) is 26.3 Å². The number of nitrogens with one attached hydrogen (secondary N) is 2. The van der Waals surface area contributed by atoms with Gasteiger partial charge in [-0.15, -0.1) is 0 Å². The number of piperazine rings is 1. The molecule has 6 heteroatoms. The summed E-state index contributed by atoms with van der Waals surface area (Å²) in [4.78, 5) is 36.9. The maximum Gasteiger partial charge on any atom is 0.322 e. The van der Waals surface area contributed by atoms with Crippen LogP contribution in [-0.4, -0.2) is 41.2 Å². The number of urea groups is 1. The zero-order valence-electron chi connectivity index (χ0n) is 12.4. The van der Waals surface area contributed by atoms with E-state index in [4.69, 9.17) is 0 Å². The highest BCUT2D eigenvalue weighted by Gasteiger charge is 2.40. The van der Waals surface area contributed by atoms with Crippen LogP contribution in [0.5, 0.6) is 0 Å². The van der Waals surface area contributed by atoms with Gasteiger partial charge in [-0.3, -0.25) is 9.59 Å². The monoisotopic (exact) mass is 289 g/mol. The van der Waals surface area contributed by atoms with Crippen LogP contribution in [0.25, 0.3) is 0 Å². The molecule has 1 aromatic rings. The predicted octanol–water partition coefficient (Wildman–Crippen LogP) is 1.63. The first-order chi connectivity index (χ1) is 9.82. The highest BCUT2D eigenvalue weighted by atomic mass is 16.2. The number of ketones is 1. The number of rotatable bonds is 2. The van der Waals surface area contributed by atoms with Crippen molar-refractivity contribution in [3.8, 4) is 0 Å². The maximum absolute atomic E-state index is 12.3. The number of carbonyl (C=O) groups is 3. The second-order valence-corrected chi connectivity index (χ2v) is 5.53. The van der Waals surface area contributed by atoms with Crippen LogP contribution in [0.3, 0.4) is 0 Å². The molecular formula is C15H19N3O3. The Hall–Kier alpha value is -2.37. The molecule has 1 heterocycles. The van der Waals surface area contributed by atoms with Crippen LogP contribution in [0.4, 0.5) is 10.5 Å². The van der Waals surface area contributed by atoms with Gasteiger partial charge in [0.15, 0.2) is 5.78 Å². The van der Waals surface area contributed by atoms with Crippen molar-refractivity contribution in [1.82, 2.24) is 10.2 Å². The van der Waals surface area contributed by atoms with Crippen LogP contribution in [0.15, 0.2) is 24.3 Å². The van der Waals surface area contributed by atoms with Gasteiger partial charge in [0.05, 0.1) is 0 Å². The fraction of sp³-hybridized carbons (Fsp3) is 0.400. The molecule has 0 aromatic heterocycles. The quantitative estimate of drug-likeness (QED) is 0.812. The van der Waals surface area contributed by atoms with E-state index in [0.717, 1.165) is 0 Å². The van der Waals surface area contributed by atoms with E-state index in [1.54, 1.807) is 38.1 Å². The molecular weight excluding hydrogens is 270 g/mol. The molecule has 0 bridgehead atoms. The van der Waals surface area contributed by atoms with Gasteiger partial charge in [-0.1, -0.05) is 0 Å². The molecule has 0 aliphatic carbocycles. The Balaban J connectivity index is 2.10. The Bertz CT molecular complexity index is 578. The van der Waals surface area contributed by atoms with E-state index in [1.807, 2.05) is 0 Å². The first-order valence-corrected chi connectivity index (χ1v) is 6.80. The predicted molar refractivity (Wildman–Crippen MR) is 79.3 cm³/mol. The van der Waals surface area contributed by atoms with Gasteiger partial charge < -0.3 is 15.5 Å². The molecule has 3 amide bonds. The molecule has 1 aliphatic heterocycles. The van der Waals surface area contributed by atoms with Gasteiger partial charge >= 0.3 is 6.03 Å². The second kappa shape index (κ2) is 5.55. The molecule has 0 atom stereocenters. The van der Waals surface area contributed by atoms with E-state index in [1.165, 1.54) is 11.8 Å². The van der Waals surface area contributed by atoms with Crippen molar-refractivity contribution in [2.75, 3.05) is 18.4 Å². The fourth-order valence-electron chi connectivity index (χ4n) is 2.23.